The Morgan fingerprint density at radius 1 is 1.15 bits per heavy atom. The average molecular weight is 268 g/mol. The van der Waals surface area contributed by atoms with E-state index in [9.17, 15) is 0 Å². The SMILES string of the molecule is C1=NCC=C2C1=NCCC2N1CCCC2=CCN=CC21. The maximum Gasteiger partial charge on any atom is 0.0797 e. The Kier molecular flexibility index (Phi) is 3.11. The maximum atomic E-state index is 4.62. The molecule has 4 aliphatic heterocycles. The summed E-state index contributed by atoms with van der Waals surface area (Å²) >= 11 is 0. The fraction of sp³-hybridized carbons (Fsp3) is 0.562. The van der Waals surface area contributed by atoms with Crippen LogP contribution in [0.25, 0.3) is 0 Å². The summed E-state index contributed by atoms with van der Waals surface area (Å²) in [5.74, 6) is 0. The Morgan fingerprint density at radius 2 is 2.10 bits per heavy atom. The van der Waals surface area contributed by atoms with Crippen LogP contribution in [-0.4, -0.2) is 61.3 Å². The van der Waals surface area contributed by atoms with Gasteiger partial charge in [-0.05, 0) is 30.4 Å². The van der Waals surface area contributed by atoms with Crippen LogP contribution >= 0.6 is 0 Å². The first kappa shape index (κ1) is 12.2. The fourth-order valence-corrected chi connectivity index (χ4v) is 3.77. The summed E-state index contributed by atoms with van der Waals surface area (Å²) in [7, 11) is 0. The Bertz CT molecular complexity index is 553. The molecule has 0 aromatic carbocycles. The molecule has 0 N–H and O–H groups in total. The minimum atomic E-state index is 0.418. The quantitative estimate of drug-likeness (QED) is 0.667. The van der Waals surface area contributed by atoms with Crippen molar-refractivity contribution in [3.8, 4) is 0 Å². The van der Waals surface area contributed by atoms with Crippen LogP contribution in [0, 0.1) is 0 Å². The molecule has 0 bridgehead atoms. The van der Waals surface area contributed by atoms with E-state index in [1.165, 1.54) is 25.0 Å². The van der Waals surface area contributed by atoms with Crippen LogP contribution in [0.5, 0.6) is 0 Å². The monoisotopic (exact) mass is 268 g/mol. The minimum absolute atomic E-state index is 0.418. The molecule has 4 rings (SSSR count). The molecule has 20 heavy (non-hydrogen) atoms. The van der Waals surface area contributed by atoms with Gasteiger partial charge in [0.05, 0.1) is 24.8 Å². The number of fused-ring (bicyclic) bond motifs is 2. The molecule has 2 unspecified atom stereocenters. The molecule has 104 valence electrons. The van der Waals surface area contributed by atoms with Crippen molar-refractivity contribution in [2.75, 3.05) is 26.2 Å². The summed E-state index contributed by atoms with van der Waals surface area (Å²) in [6, 6.07) is 0.911. The lowest BCUT2D eigenvalue weighted by Gasteiger charge is -2.44. The van der Waals surface area contributed by atoms with Crippen molar-refractivity contribution in [2.24, 2.45) is 15.0 Å². The van der Waals surface area contributed by atoms with Crippen molar-refractivity contribution in [3.05, 3.63) is 23.3 Å². The highest BCUT2D eigenvalue weighted by atomic mass is 15.2. The first-order valence-corrected chi connectivity index (χ1v) is 7.63. The summed E-state index contributed by atoms with van der Waals surface area (Å²) < 4.78 is 0. The second kappa shape index (κ2) is 5.09. The topological polar surface area (TPSA) is 40.3 Å². The van der Waals surface area contributed by atoms with Crippen LogP contribution in [0.1, 0.15) is 19.3 Å². The van der Waals surface area contributed by atoms with Gasteiger partial charge in [0, 0.05) is 31.6 Å². The second-order valence-corrected chi connectivity index (χ2v) is 5.80. The van der Waals surface area contributed by atoms with E-state index in [4.69, 9.17) is 0 Å². The van der Waals surface area contributed by atoms with Crippen LogP contribution in [0.4, 0.5) is 0 Å². The molecule has 4 nitrogen and oxygen atoms in total. The van der Waals surface area contributed by atoms with E-state index >= 15 is 0 Å². The molecule has 4 heterocycles. The van der Waals surface area contributed by atoms with Gasteiger partial charge in [-0.3, -0.25) is 19.9 Å². The third-order valence-electron chi connectivity index (χ3n) is 4.69. The zero-order valence-electron chi connectivity index (χ0n) is 11.7. The molecule has 0 aromatic rings. The number of dihydropyridines is 2. The van der Waals surface area contributed by atoms with Crippen molar-refractivity contribution in [1.29, 1.82) is 0 Å². The van der Waals surface area contributed by atoms with Gasteiger partial charge in [0.1, 0.15) is 0 Å². The van der Waals surface area contributed by atoms with E-state index in [0.29, 0.717) is 12.1 Å². The predicted molar refractivity (Wildman–Crippen MR) is 83.3 cm³/mol. The lowest BCUT2D eigenvalue weighted by Crippen LogP contribution is -2.52. The van der Waals surface area contributed by atoms with Gasteiger partial charge in [0.2, 0.25) is 0 Å². The molecule has 1 saturated heterocycles. The van der Waals surface area contributed by atoms with Gasteiger partial charge in [0.25, 0.3) is 0 Å². The highest BCUT2D eigenvalue weighted by molar-refractivity contribution is 6.39. The number of hydrogen-bond acceptors (Lipinski definition) is 4. The Balaban J connectivity index is 1.65. The van der Waals surface area contributed by atoms with Gasteiger partial charge in [-0.15, -0.1) is 0 Å². The van der Waals surface area contributed by atoms with Crippen LogP contribution in [0.2, 0.25) is 0 Å². The molecule has 0 aromatic heterocycles. The summed E-state index contributed by atoms with van der Waals surface area (Å²) in [5, 5.41) is 0. The number of aliphatic imine (C=N–C) groups is 3. The highest BCUT2D eigenvalue weighted by Crippen LogP contribution is 2.31. The molecule has 4 aliphatic rings. The van der Waals surface area contributed by atoms with Gasteiger partial charge >= 0.3 is 0 Å². The van der Waals surface area contributed by atoms with Crippen molar-refractivity contribution in [2.45, 2.75) is 31.3 Å². The van der Waals surface area contributed by atoms with Crippen LogP contribution in [-0.2, 0) is 0 Å². The Morgan fingerprint density at radius 3 is 3.10 bits per heavy atom. The van der Waals surface area contributed by atoms with E-state index in [1.54, 1.807) is 5.57 Å². The zero-order valence-corrected chi connectivity index (χ0v) is 11.7. The molecule has 0 radical (unpaired) electrons. The minimum Gasteiger partial charge on any atom is -0.291 e. The predicted octanol–water partition coefficient (Wildman–Crippen LogP) is 1.69. The van der Waals surface area contributed by atoms with Gasteiger partial charge in [-0.25, -0.2) is 0 Å². The summed E-state index contributed by atoms with van der Waals surface area (Å²) in [6.07, 6.45) is 12.3. The molecular formula is C16H20N4. The van der Waals surface area contributed by atoms with Gasteiger partial charge < -0.3 is 0 Å². The Hall–Kier alpha value is -1.55. The van der Waals surface area contributed by atoms with Crippen molar-refractivity contribution in [3.63, 3.8) is 0 Å². The fourth-order valence-electron chi connectivity index (χ4n) is 3.77. The molecule has 0 aliphatic carbocycles. The zero-order chi connectivity index (χ0) is 13.4. The van der Waals surface area contributed by atoms with Gasteiger partial charge in [0.15, 0.2) is 0 Å². The first-order chi connectivity index (χ1) is 9.93. The standard InChI is InChI=1S/C16H20N4/c1-2-12-3-6-18-11-16(12)20(9-1)15-5-8-19-14-10-17-7-4-13(14)15/h3-4,10-11,15-16H,1-2,5-9H2. The van der Waals surface area contributed by atoms with E-state index in [1.807, 2.05) is 6.21 Å². The van der Waals surface area contributed by atoms with Gasteiger partial charge in [-0.1, -0.05) is 12.2 Å². The smallest absolute Gasteiger partial charge is 0.0797 e. The van der Waals surface area contributed by atoms with Crippen LogP contribution in [0.15, 0.2) is 38.3 Å². The number of nitrogens with zero attached hydrogens (tertiary/aromatic N) is 4. The van der Waals surface area contributed by atoms with Crippen LogP contribution < -0.4 is 0 Å². The van der Waals surface area contributed by atoms with Gasteiger partial charge in [-0.2, -0.15) is 0 Å². The van der Waals surface area contributed by atoms with Crippen molar-refractivity contribution in [1.82, 2.24) is 4.90 Å². The second-order valence-electron chi connectivity index (χ2n) is 5.80. The van der Waals surface area contributed by atoms with Crippen LogP contribution in [0.3, 0.4) is 0 Å². The van der Waals surface area contributed by atoms with E-state index in [-0.39, 0.29) is 0 Å². The lowest BCUT2D eigenvalue weighted by atomic mass is 9.87. The number of piperidine rings is 1. The largest absolute Gasteiger partial charge is 0.291 e. The number of rotatable bonds is 1. The molecule has 0 saturated carbocycles. The highest BCUT2D eigenvalue weighted by Gasteiger charge is 2.35. The molecule has 2 atom stereocenters. The van der Waals surface area contributed by atoms with E-state index in [0.717, 1.165) is 31.8 Å². The Labute approximate surface area is 119 Å². The molecule has 4 heteroatoms. The summed E-state index contributed by atoms with van der Waals surface area (Å²) in [6.45, 7) is 3.76. The third-order valence-corrected chi connectivity index (χ3v) is 4.69. The summed E-state index contributed by atoms with van der Waals surface area (Å²) in [4.78, 5) is 16.1. The number of hydrogen-bond donors (Lipinski definition) is 0. The maximum absolute atomic E-state index is 4.62. The molecule has 1 fully saturated rings. The normalized spacial score (nSPS) is 32.9. The van der Waals surface area contributed by atoms with E-state index in [2.05, 4.69) is 38.2 Å². The molecular weight excluding hydrogens is 248 g/mol. The summed E-state index contributed by atoms with van der Waals surface area (Å²) in [5.41, 5.74) is 4.07. The average Bonchev–Trinajstić information content (AvgIpc) is 2.54. The lowest BCUT2D eigenvalue weighted by molar-refractivity contribution is 0.181. The third kappa shape index (κ3) is 1.99. The first-order valence-electron chi connectivity index (χ1n) is 7.63. The van der Waals surface area contributed by atoms with E-state index < -0.39 is 0 Å². The van der Waals surface area contributed by atoms with Crippen molar-refractivity contribution < 1.29 is 0 Å². The number of likely N-dealkylation sites (tertiary alicyclic amines) is 1. The molecule has 0 amide bonds. The van der Waals surface area contributed by atoms with Crippen molar-refractivity contribution >= 4 is 18.1 Å². The molecule has 0 spiro atoms.